The monoisotopic (exact) mass is 252 g/mol. The van der Waals surface area contributed by atoms with E-state index in [0.29, 0.717) is 0 Å². The van der Waals surface area contributed by atoms with Crippen LogP contribution in [0.3, 0.4) is 0 Å². The average Bonchev–Trinajstić information content (AvgIpc) is 2.39. The third-order valence-electron chi connectivity index (χ3n) is 5.61. The first-order valence-corrected chi connectivity index (χ1v) is 7.90. The van der Waals surface area contributed by atoms with Gasteiger partial charge >= 0.3 is 0 Å². The van der Waals surface area contributed by atoms with Gasteiger partial charge in [-0.15, -0.1) is 0 Å². The lowest BCUT2D eigenvalue weighted by atomic mass is 9.71. The van der Waals surface area contributed by atoms with Crippen LogP contribution in [0.15, 0.2) is 0 Å². The summed E-state index contributed by atoms with van der Waals surface area (Å²) in [7, 11) is 8.97. The van der Waals surface area contributed by atoms with Crippen LogP contribution in [0.2, 0.25) is 0 Å². The van der Waals surface area contributed by atoms with E-state index in [1.54, 1.807) is 0 Å². The molecule has 0 spiro atoms. The fourth-order valence-electron chi connectivity index (χ4n) is 4.18. The summed E-state index contributed by atoms with van der Waals surface area (Å²) in [4.78, 5) is 4.86. The Morgan fingerprint density at radius 3 is 1.00 bits per heavy atom. The summed E-state index contributed by atoms with van der Waals surface area (Å²) in [5.74, 6) is 2.09. The molecule has 0 radical (unpaired) electrons. The molecule has 2 aliphatic carbocycles. The lowest BCUT2D eigenvalue weighted by Crippen LogP contribution is -2.37. The summed E-state index contributed by atoms with van der Waals surface area (Å²) in [6.45, 7) is 0. The molecule has 0 aromatic heterocycles. The minimum Gasteiger partial charge on any atom is -0.306 e. The highest BCUT2D eigenvalue weighted by molar-refractivity contribution is 4.85. The third-order valence-corrected chi connectivity index (χ3v) is 5.61. The largest absolute Gasteiger partial charge is 0.306 e. The molecule has 0 heterocycles. The normalized spacial score (nSPS) is 38.3. The van der Waals surface area contributed by atoms with Gasteiger partial charge in [-0.3, -0.25) is 0 Å². The predicted molar refractivity (Wildman–Crippen MR) is 78.9 cm³/mol. The number of hydrogen-bond donors (Lipinski definition) is 0. The number of hydrogen-bond acceptors (Lipinski definition) is 2. The van der Waals surface area contributed by atoms with Gasteiger partial charge in [0.15, 0.2) is 0 Å². The van der Waals surface area contributed by atoms with Crippen LogP contribution < -0.4 is 0 Å². The maximum Gasteiger partial charge on any atom is 0.00893 e. The Kier molecular flexibility index (Phi) is 5.08. The second-order valence-corrected chi connectivity index (χ2v) is 7.06. The molecule has 0 atom stereocenters. The smallest absolute Gasteiger partial charge is 0.00893 e. The minimum absolute atomic E-state index is 0.861. The molecule has 0 amide bonds. The van der Waals surface area contributed by atoms with Crippen LogP contribution in [0, 0.1) is 11.8 Å². The van der Waals surface area contributed by atoms with Crippen molar-refractivity contribution >= 4 is 0 Å². The fourth-order valence-corrected chi connectivity index (χ4v) is 4.18. The second-order valence-electron chi connectivity index (χ2n) is 7.06. The summed E-state index contributed by atoms with van der Waals surface area (Å²) in [6, 6.07) is 1.72. The van der Waals surface area contributed by atoms with Crippen molar-refractivity contribution in [2.75, 3.05) is 28.2 Å². The van der Waals surface area contributed by atoms with Crippen molar-refractivity contribution in [2.24, 2.45) is 11.8 Å². The van der Waals surface area contributed by atoms with Gasteiger partial charge in [0, 0.05) is 12.1 Å². The van der Waals surface area contributed by atoms with Gasteiger partial charge in [-0.05, 0) is 91.4 Å². The maximum atomic E-state index is 2.43. The highest BCUT2D eigenvalue weighted by Crippen LogP contribution is 2.39. The predicted octanol–water partition coefficient (Wildman–Crippen LogP) is 3.23. The lowest BCUT2D eigenvalue weighted by Gasteiger charge is -2.40. The van der Waals surface area contributed by atoms with Crippen LogP contribution in [0.1, 0.15) is 51.4 Å². The van der Waals surface area contributed by atoms with Crippen molar-refractivity contribution in [3.8, 4) is 0 Å². The van der Waals surface area contributed by atoms with Gasteiger partial charge in [-0.2, -0.15) is 0 Å². The number of nitrogens with zero attached hydrogens (tertiary/aromatic N) is 2. The first-order valence-electron chi connectivity index (χ1n) is 7.90. The van der Waals surface area contributed by atoms with E-state index in [1.165, 1.54) is 51.4 Å². The zero-order valence-corrected chi connectivity index (χ0v) is 12.9. The summed E-state index contributed by atoms with van der Waals surface area (Å²) >= 11 is 0. The summed E-state index contributed by atoms with van der Waals surface area (Å²) in [5.41, 5.74) is 0. The minimum atomic E-state index is 0.861. The molecule has 0 aromatic carbocycles. The molecule has 0 bridgehead atoms. The van der Waals surface area contributed by atoms with Crippen molar-refractivity contribution < 1.29 is 0 Å². The molecule has 0 aliphatic heterocycles. The Balaban J connectivity index is 1.75. The van der Waals surface area contributed by atoms with Gasteiger partial charge < -0.3 is 9.80 Å². The summed E-state index contributed by atoms with van der Waals surface area (Å²) < 4.78 is 0. The average molecular weight is 252 g/mol. The van der Waals surface area contributed by atoms with Crippen LogP contribution in [0.25, 0.3) is 0 Å². The van der Waals surface area contributed by atoms with Gasteiger partial charge in [0.2, 0.25) is 0 Å². The third kappa shape index (κ3) is 3.48. The molecule has 2 saturated carbocycles. The molecule has 2 rings (SSSR count). The van der Waals surface area contributed by atoms with Gasteiger partial charge in [-0.25, -0.2) is 0 Å². The van der Waals surface area contributed by atoms with E-state index < -0.39 is 0 Å². The van der Waals surface area contributed by atoms with Crippen LogP contribution in [-0.2, 0) is 0 Å². The zero-order chi connectivity index (χ0) is 13.1. The van der Waals surface area contributed by atoms with E-state index >= 15 is 0 Å². The highest BCUT2D eigenvalue weighted by atomic mass is 15.1. The van der Waals surface area contributed by atoms with E-state index in [2.05, 4.69) is 38.0 Å². The Morgan fingerprint density at radius 1 is 0.500 bits per heavy atom. The van der Waals surface area contributed by atoms with Crippen molar-refractivity contribution in [1.82, 2.24) is 9.80 Å². The molecule has 2 aliphatic rings. The molecule has 106 valence electrons. The Morgan fingerprint density at radius 2 is 0.778 bits per heavy atom. The Labute approximate surface area is 114 Å². The van der Waals surface area contributed by atoms with E-state index in [1.807, 2.05) is 0 Å². The Hall–Kier alpha value is -0.0800. The molecule has 2 heteroatoms. The topological polar surface area (TPSA) is 6.48 Å². The van der Waals surface area contributed by atoms with Gasteiger partial charge in [-0.1, -0.05) is 0 Å². The van der Waals surface area contributed by atoms with E-state index in [4.69, 9.17) is 0 Å². The summed E-state index contributed by atoms with van der Waals surface area (Å²) in [5, 5.41) is 0. The van der Waals surface area contributed by atoms with Crippen LogP contribution in [0.5, 0.6) is 0 Å². The van der Waals surface area contributed by atoms with Crippen molar-refractivity contribution in [3.63, 3.8) is 0 Å². The SMILES string of the molecule is CN(C)C1CCC(C2CCC(N(C)C)CC2)CC1. The van der Waals surface area contributed by atoms with E-state index in [-0.39, 0.29) is 0 Å². The molecule has 2 nitrogen and oxygen atoms in total. The molecular formula is C16H32N2. The van der Waals surface area contributed by atoms with E-state index in [0.717, 1.165) is 23.9 Å². The van der Waals surface area contributed by atoms with E-state index in [9.17, 15) is 0 Å². The highest BCUT2D eigenvalue weighted by Gasteiger charge is 2.31. The first-order chi connectivity index (χ1) is 8.58. The quantitative estimate of drug-likeness (QED) is 0.761. The zero-order valence-electron chi connectivity index (χ0n) is 12.9. The van der Waals surface area contributed by atoms with Gasteiger partial charge in [0.1, 0.15) is 0 Å². The lowest BCUT2D eigenvalue weighted by molar-refractivity contribution is 0.112. The molecular weight excluding hydrogens is 220 g/mol. The van der Waals surface area contributed by atoms with Crippen LogP contribution in [0.4, 0.5) is 0 Å². The standard InChI is InChI=1S/C16H32N2/c1-17(2)15-9-5-13(6-10-15)14-7-11-16(12-8-14)18(3)4/h13-16H,5-12H2,1-4H3. The van der Waals surface area contributed by atoms with Gasteiger partial charge in [0.05, 0.1) is 0 Å². The second kappa shape index (κ2) is 6.38. The maximum absolute atomic E-state index is 2.43. The van der Waals surface area contributed by atoms with Crippen LogP contribution >= 0.6 is 0 Å². The molecule has 0 saturated heterocycles. The molecule has 0 aromatic rings. The summed E-state index contributed by atoms with van der Waals surface area (Å²) in [6.07, 6.45) is 11.7. The molecule has 18 heavy (non-hydrogen) atoms. The molecule has 0 unspecified atom stereocenters. The fraction of sp³-hybridized carbons (Fsp3) is 1.00. The van der Waals surface area contributed by atoms with Crippen molar-refractivity contribution in [2.45, 2.75) is 63.5 Å². The number of rotatable bonds is 3. The Bertz CT molecular complexity index is 207. The first kappa shape index (κ1) is 14.3. The van der Waals surface area contributed by atoms with Gasteiger partial charge in [0.25, 0.3) is 0 Å². The van der Waals surface area contributed by atoms with Crippen molar-refractivity contribution in [1.29, 1.82) is 0 Å². The molecule has 0 N–H and O–H groups in total. The van der Waals surface area contributed by atoms with Crippen molar-refractivity contribution in [3.05, 3.63) is 0 Å². The van der Waals surface area contributed by atoms with Crippen LogP contribution in [-0.4, -0.2) is 50.1 Å². The molecule has 2 fully saturated rings.